The first kappa shape index (κ1) is 20.8. The SMILES string of the molecule is C[C@H]1CC[C@@H]2[C@@H](C[C@H]3C[C@]2(O)[C@@H]2CC(=O)[C@@H]4CCCCC4[C@H]32)N1C(=O)OC(C)(C)C. The van der Waals surface area contributed by atoms with Crippen molar-refractivity contribution < 1.29 is 19.4 Å². The van der Waals surface area contributed by atoms with E-state index in [1.807, 2.05) is 25.7 Å². The van der Waals surface area contributed by atoms with Crippen LogP contribution in [0, 0.1) is 35.5 Å². The van der Waals surface area contributed by atoms with E-state index in [0.29, 0.717) is 30.0 Å². The molecule has 2 bridgehead atoms. The minimum Gasteiger partial charge on any atom is -0.444 e. The summed E-state index contributed by atoms with van der Waals surface area (Å²) >= 11 is 0. The molecular weight excluding hydrogens is 378 g/mol. The second-order valence-corrected chi connectivity index (χ2v) is 12.1. The third-order valence-corrected chi connectivity index (χ3v) is 9.37. The fraction of sp³-hybridized carbons (Fsp3) is 0.920. The van der Waals surface area contributed by atoms with Crippen LogP contribution in [-0.2, 0) is 9.53 Å². The van der Waals surface area contributed by atoms with Gasteiger partial charge < -0.3 is 14.7 Å². The lowest BCUT2D eigenvalue weighted by atomic mass is 9.58. The van der Waals surface area contributed by atoms with Gasteiger partial charge >= 0.3 is 6.09 Å². The molecule has 5 rings (SSSR count). The molecule has 1 unspecified atom stereocenters. The monoisotopic (exact) mass is 417 g/mol. The van der Waals surface area contributed by atoms with Gasteiger partial charge in [-0.15, -0.1) is 0 Å². The van der Waals surface area contributed by atoms with E-state index >= 15 is 0 Å². The van der Waals surface area contributed by atoms with Crippen LogP contribution in [0.15, 0.2) is 0 Å². The number of carbonyl (C=O) groups excluding carboxylic acids is 2. The molecule has 1 aliphatic heterocycles. The third kappa shape index (κ3) is 3.05. The second-order valence-electron chi connectivity index (χ2n) is 12.1. The summed E-state index contributed by atoms with van der Waals surface area (Å²) in [5.41, 5.74) is -1.32. The van der Waals surface area contributed by atoms with Gasteiger partial charge in [-0.3, -0.25) is 4.79 Å². The number of rotatable bonds is 0. The molecule has 0 spiro atoms. The minimum absolute atomic E-state index is 0.0371. The molecule has 168 valence electrons. The van der Waals surface area contributed by atoms with Crippen molar-refractivity contribution in [2.24, 2.45) is 35.5 Å². The maximum atomic E-state index is 13.2. The lowest BCUT2D eigenvalue weighted by molar-refractivity contribution is -0.148. The number of ether oxygens (including phenoxy) is 1. The zero-order chi connectivity index (χ0) is 21.4. The van der Waals surface area contributed by atoms with E-state index in [9.17, 15) is 14.7 Å². The Morgan fingerprint density at radius 2 is 1.87 bits per heavy atom. The molecular formula is C25H39NO4. The van der Waals surface area contributed by atoms with Gasteiger partial charge in [0.15, 0.2) is 0 Å². The van der Waals surface area contributed by atoms with Crippen LogP contribution in [0.25, 0.3) is 0 Å². The van der Waals surface area contributed by atoms with Crippen molar-refractivity contribution in [1.29, 1.82) is 0 Å². The Hall–Kier alpha value is -1.10. The van der Waals surface area contributed by atoms with Crippen LogP contribution in [0.1, 0.15) is 85.5 Å². The van der Waals surface area contributed by atoms with Crippen LogP contribution in [0.2, 0.25) is 0 Å². The molecule has 9 atom stereocenters. The van der Waals surface area contributed by atoms with Crippen LogP contribution in [0.4, 0.5) is 4.79 Å². The first-order valence-corrected chi connectivity index (χ1v) is 12.4. The van der Waals surface area contributed by atoms with E-state index < -0.39 is 11.2 Å². The van der Waals surface area contributed by atoms with Crippen LogP contribution in [-0.4, -0.2) is 45.2 Å². The average Bonchev–Trinajstić information content (AvgIpc) is 2.88. The third-order valence-electron chi connectivity index (χ3n) is 9.37. The highest BCUT2D eigenvalue weighted by molar-refractivity contribution is 5.83. The van der Waals surface area contributed by atoms with Gasteiger partial charge in [0.05, 0.1) is 5.60 Å². The Bertz CT molecular complexity index is 729. The predicted octanol–water partition coefficient (Wildman–Crippen LogP) is 4.56. The molecule has 4 saturated carbocycles. The first-order valence-electron chi connectivity index (χ1n) is 12.4. The summed E-state index contributed by atoms with van der Waals surface area (Å²) in [4.78, 5) is 28.2. The first-order chi connectivity index (χ1) is 14.1. The fourth-order valence-corrected chi connectivity index (χ4v) is 8.46. The highest BCUT2D eigenvalue weighted by Crippen LogP contribution is 2.65. The van der Waals surface area contributed by atoms with E-state index in [1.165, 1.54) is 12.8 Å². The van der Waals surface area contributed by atoms with Gasteiger partial charge in [0.25, 0.3) is 0 Å². The molecule has 30 heavy (non-hydrogen) atoms. The largest absolute Gasteiger partial charge is 0.444 e. The van der Waals surface area contributed by atoms with Crippen molar-refractivity contribution in [3.63, 3.8) is 0 Å². The number of nitrogens with zero attached hydrogens (tertiary/aromatic N) is 1. The normalized spacial score (nSPS) is 47.9. The smallest absolute Gasteiger partial charge is 0.410 e. The van der Waals surface area contributed by atoms with Crippen molar-refractivity contribution in [1.82, 2.24) is 4.90 Å². The van der Waals surface area contributed by atoms with Gasteiger partial charge in [0, 0.05) is 30.3 Å². The molecule has 1 N–H and O–H groups in total. The zero-order valence-corrected chi connectivity index (χ0v) is 19.1. The highest BCUT2D eigenvalue weighted by Gasteiger charge is 2.67. The Balaban J connectivity index is 1.48. The fourth-order valence-electron chi connectivity index (χ4n) is 8.46. The van der Waals surface area contributed by atoms with Gasteiger partial charge in [0.2, 0.25) is 0 Å². The van der Waals surface area contributed by atoms with Gasteiger partial charge in [-0.2, -0.15) is 0 Å². The quantitative estimate of drug-likeness (QED) is 0.628. The van der Waals surface area contributed by atoms with E-state index in [0.717, 1.165) is 38.5 Å². The maximum absolute atomic E-state index is 13.2. The number of carbonyl (C=O) groups is 2. The molecule has 5 aliphatic rings. The van der Waals surface area contributed by atoms with E-state index in [1.54, 1.807) is 0 Å². The molecule has 5 fully saturated rings. The molecule has 4 aliphatic carbocycles. The minimum atomic E-state index is -0.795. The van der Waals surface area contributed by atoms with Crippen molar-refractivity contribution in [3.05, 3.63) is 0 Å². The number of piperidine rings is 1. The number of aliphatic hydroxyl groups is 1. The molecule has 5 nitrogen and oxygen atoms in total. The number of Topliss-reactive ketones (excluding diaryl/α,β-unsaturated/α-hetero) is 1. The Morgan fingerprint density at radius 3 is 2.60 bits per heavy atom. The van der Waals surface area contributed by atoms with Gasteiger partial charge in [-0.25, -0.2) is 4.79 Å². The number of hydrogen-bond donors (Lipinski definition) is 1. The lowest BCUT2D eigenvalue weighted by Gasteiger charge is -2.53. The Labute approximate surface area is 180 Å². The molecule has 5 heteroatoms. The van der Waals surface area contributed by atoms with Crippen LogP contribution >= 0.6 is 0 Å². The van der Waals surface area contributed by atoms with Crippen molar-refractivity contribution >= 4 is 11.9 Å². The highest BCUT2D eigenvalue weighted by atomic mass is 16.6. The van der Waals surface area contributed by atoms with Gasteiger partial charge in [-0.1, -0.05) is 12.8 Å². The number of amides is 1. The van der Waals surface area contributed by atoms with Crippen LogP contribution in [0.5, 0.6) is 0 Å². The summed E-state index contributed by atoms with van der Waals surface area (Å²) in [6.45, 7) is 7.86. The lowest BCUT2D eigenvalue weighted by Crippen LogP contribution is -2.62. The van der Waals surface area contributed by atoms with Gasteiger partial charge in [-0.05, 0) is 89.9 Å². The second kappa shape index (κ2) is 6.95. The van der Waals surface area contributed by atoms with Crippen molar-refractivity contribution in [2.45, 2.75) is 109 Å². The molecule has 0 aromatic rings. The molecule has 1 heterocycles. The van der Waals surface area contributed by atoms with Gasteiger partial charge in [0.1, 0.15) is 11.4 Å². The average molecular weight is 418 g/mol. The summed E-state index contributed by atoms with van der Waals surface area (Å²) in [7, 11) is 0. The topological polar surface area (TPSA) is 66.8 Å². The summed E-state index contributed by atoms with van der Waals surface area (Å²) in [5, 5.41) is 12.1. The number of likely N-dealkylation sites (tertiary alicyclic amines) is 1. The van der Waals surface area contributed by atoms with E-state index in [2.05, 4.69) is 6.92 Å². The van der Waals surface area contributed by atoms with Crippen LogP contribution in [0.3, 0.4) is 0 Å². The van der Waals surface area contributed by atoms with Crippen molar-refractivity contribution in [3.8, 4) is 0 Å². The number of ketones is 1. The number of hydrogen-bond acceptors (Lipinski definition) is 4. The van der Waals surface area contributed by atoms with E-state index in [-0.39, 0.29) is 35.9 Å². The Morgan fingerprint density at radius 1 is 1.13 bits per heavy atom. The predicted molar refractivity (Wildman–Crippen MR) is 114 cm³/mol. The Kier molecular flexibility index (Phi) is 4.81. The summed E-state index contributed by atoms with van der Waals surface area (Å²) < 4.78 is 5.79. The molecule has 0 aromatic carbocycles. The van der Waals surface area contributed by atoms with E-state index in [4.69, 9.17) is 4.74 Å². The summed E-state index contributed by atoms with van der Waals surface area (Å²) in [6.07, 6.45) is 8.55. The standard InChI is InChI=1S/C25H39NO4/c1-14-9-10-18-20(26(14)23(28)30-24(2,3)4)11-15-13-25(18,29)19-12-21(27)16-7-5-6-8-17(16)22(15)19/h14-20,22,29H,5-13H2,1-4H3/t14-,15-,16+,17?,18+,19+,20+,22-,25+/m0/s1. The summed E-state index contributed by atoms with van der Waals surface area (Å²) in [5.74, 6) is 2.14. The van der Waals surface area contributed by atoms with Crippen molar-refractivity contribution in [2.75, 3.05) is 0 Å². The molecule has 0 radical (unpaired) electrons. The molecule has 1 amide bonds. The zero-order valence-electron chi connectivity index (χ0n) is 19.1. The maximum Gasteiger partial charge on any atom is 0.410 e. The number of fused-ring (bicyclic) bond motifs is 9. The summed E-state index contributed by atoms with van der Waals surface area (Å²) in [6, 6.07) is 0.170. The molecule has 1 saturated heterocycles. The van der Waals surface area contributed by atoms with Crippen LogP contribution < -0.4 is 0 Å². The molecule has 0 aromatic heterocycles.